The number of hydrogen-bond donors (Lipinski definition) is 3. The maximum Gasteiger partial charge on any atom is 0.437 e. The minimum atomic E-state index is -4.23. The van der Waals surface area contributed by atoms with Crippen LogP contribution in [0.2, 0.25) is 0 Å². The molecule has 2 saturated heterocycles. The number of rotatable bonds is 3. The molecule has 0 aliphatic carbocycles. The summed E-state index contributed by atoms with van der Waals surface area (Å²) in [4.78, 5) is 32.8. The number of ether oxygens (including phenoxy) is 1. The van der Waals surface area contributed by atoms with Gasteiger partial charge in [0.05, 0.1) is 11.7 Å². The second kappa shape index (κ2) is 9.83. The fraction of sp³-hybridized carbons (Fsp3) is 0.440. The van der Waals surface area contributed by atoms with Crippen molar-refractivity contribution in [2.24, 2.45) is 4.99 Å². The third-order valence-electron chi connectivity index (χ3n) is 6.86. The second-order valence-electron chi connectivity index (χ2n) is 10.6. The minimum Gasteiger partial charge on any atom is -0.442 e. The standard InChI is InChI=1S/C25H30F2N6O5S/c1-23(2,3)38-22(35)31-21-32-24(4,25(10-11-28-14-25)39(36,37)33(21)5)17-12-16(7-8-18(17)27)30-20(34)19-9-6-15(26)13-29-19/h6-9,12-13,28H,10-11,14H2,1-5H3,(H,30,34)(H,31,32,35)/t24-,25-/m1/s1. The van der Waals surface area contributed by atoms with E-state index in [1.54, 1.807) is 20.8 Å². The number of anilines is 1. The Hall–Kier alpha value is -3.65. The molecule has 3 N–H and O–H groups in total. The Kier molecular flexibility index (Phi) is 7.15. The van der Waals surface area contributed by atoms with E-state index in [1.807, 2.05) is 0 Å². The molecule has 2 aromatic rings. The van der Waals surface area contributed by atoms with Gasteiger partial charge in [-0.2, -0.15) is 0 Å². The molecule has 2 aliphatic heterocycles. The number of carbonyl (C=O) groups excluding carboxylic acids is 2. The van der Waals surface area contributed by atoms with E-state index in [-0.39, 0.29) is 35.9 Å². The van der Waals surface area contributed by atoms with Gasteiger partial charge in [0, 0.05) is 24.8 Å². The van der Waals surface area contributed by atoms with E-state index in [0.717, 1.165) is 22.6 Å². The van der Waals surface area contributed by atoms with E-state index in [1.165, 1.54) is 32.2 Å². The highest BCUT2D eigenvalue weighted by molar-refractivity contribution is 7.91. The zero-order valence-electron chi connectivity index (χ0n) is 22.1. The Morgan fingerprint density at radius 1 is 1.21 bits per heavy atom. The van der Waals surface area contributed by atoms with Crippen molar-refractivity contribution in [3.8, 4) is 0 Å². The molecule has 2 atom stereocenters. The SMILES string of the molecule is CN1/C(=N/C(=O)OC(C)(C)C)N[C@](C)(c2cc(NC(=O)c3ccc(F)cn3)ccc2F)[C@]2(CCNC2)S1(=O)=O. The van der Waals surface area contributed by atoms with Crippen LogP contribution in [-0.2, 0) is 20.3 Å². The first-order chi connectivity index (χ1) is 18.1. The number of amides is 2. The summed E-state index contributed by atoms with van der Waals surface area (Å²) in [6.07, 6.45) is -0.0108. The molecule has 14 heteroatoms. The monoisotopic (exact) mass is 564 g/mol. The predicted molar refractivity (Wildman–Crippen MR) is 140 cm³/mol. The van der Waals surface area contributed by atoms with E-state index in [9.17, 15) is 22.4 Å². The number of sulfonamides is 1. The number of guanidine groups is 1. The van der Waals surface area contributed by atoms with Crippen LogP contribution < -0.4 is 16.0 Å². The smallest absolute Gasteiger partial charge is 0.437 e. The molecule has 3 heterocycles. The van der Waals surface area contributed by atoms with Crippen molar-refractivity contribution in [1.29, 1.82) is 0 Å². The zero-order chi connectivity index (χ0) is 28.8. The van der Waals surface area contributed by atoms with Gasteiger partial charge in [0.2, 0.25) is 16.0 Å². The van der Waals surface area contributed by atoms with Crippen LogP contribution in [0, 0.1) is 11.6 Å². The van der Waals surface area contributed by atoms with Gasteiger partial charge in [-0.05, 0) is 71.0 Å². The maximum atomic E-state index is 15.5. The highest BCUT2D eigenvalue weighted by atomic mass is 32.2. The van der Waals surface area contributed by atoms with E-state index in [2.05, 4.69) is 25.9 Å². The summed E-state index contributed by atoms with van der Waals surface area (Å²) in [6.45, 7) is 6.76. The van der Waals surface area contributed by atoms with Gasteiger partial charge in [-0.3, -0.25) is 4.79 Å². The van der Waals surface area contributed by atoms with Crippen LogP contribution in [0.4, 0.5) is 19.3 Å². The summed E-state index contributed by atoms with van der Waals surface area (Å²) in [5.41, 5.74) is -2.54. The van der Waals surface area contributed by atoms with E-state index in [4.69, 9.17) is 4.74 Å². The van der Waals surface area contributed by atoms with E-state index in [0.29, 0.717) is 6.54 Å². The molecule has 11 nitrogen and oxygen atoms in total. The molecule has 0 radical (unpaired) electrons. The number of hydrogen-bond acceptors (Lipinski definition) is 7. The van der Waals surface area contributed by atoms with Crippen LogP contribution in [0.25, 0.3) is 0 Å². The fourth-order valence-corrected chi connectivity index (χ4v) is 7.00. The average molecular weight is 565 g/mol. The first-order valence-electron chi connectivity index (χ1n) is 12.1. The first-order valence-corrected chi connectivity index (χ1v) is 13.6. The van der Waals surface area contributed by atoms with Gasteiger partial charge < -0.3 is 20.7 Å². The number of nitrogens with zero attached hydrogens (tertiary/aromatic N) is 3. The van der Waals surface area contributed by atoms with Gasteiger partial charge in [-0.15, -0.1) is 4.99 Å². The molecule has 39 heavy (non-hydrogen) atoms. The van der Waals surface area contributed by atoms with Crippen molar-refractivity contribution in [2.45, 2.75) is 50.0 Å². The van der Waals surface area contributed by atoms with Crippen LogP contribution in [0.15, 0.2) is 41.5 Å². The Morgan fingerprint density at radius 3 is 2.51 bits per heavy atom. The lowest BCUT2D eigenvalue weighted by Gasteiger charge is -2.52. The summed E-state index contributed by atoms with van der Waals surface area (Å²) >= 11 is 0. The molecule has 0 saturated carbocycles. The minimum absolute atomic E-state index is 0.0155. The predicted octanol–water partition coefficient (Wildman–Crippen LogP) is 2.72. The van der Waals surface area contributed by atoms with Gasteiger partial charge in [0.1, 0.15) is 27.7 Å². The van der Waals surface area contributed by atoms with Gasteiger partial charge >= 0.3 is 6.09 Å². The molecule has 2 aliphatic rings. The Labute approximate surface area is 225 Å². The number of carbonyl (C=O) groups is 2. The van der Waals surface area contributed by atoms with Gasteiger partial charge in [0.25, 0.3) is 5.91 Å². The number of benzene rings is 1. The van der Waals surface area contributed by atoms with Crippen LogP contribution in [0.1, 0.15) is 50.2 Å². The highest BCUT2D eigenvalue weighted by Crippen LogP contribution is 2.48. The second-order valence-corrected chi connectivity index (χ2v) is 12.8. The summed E-state index contributed by atoms with van der Waals surface area (Å²) in [5, 5.41) is 8.65. The molecule has 0 unspecified atom stereocenters. The van der Waals surface area contributed by atoms with E-state index >= 15 is 4.39 Å². The van der Waals surface area contributed by atoms with Crippen molar-refractivity contribution < 1.29 is 31.5 Å². The van der Waals surface area contributed by atoms with Crippen LogP contribution in [-0.4, -0.2) is 66.2 Å². The molecule has 1 spiro atoms. The third kappa shape index (κ3) is 5.05. The van der Waals surface area contributed by atoms with Gasteiger partial charge in [-0.1, -0.05) is 0 Å². The maximum absolute atomic E-state index is 15.5. The third-order valence-corrected chi connectivity index (χ3v) is 9.49. The van der Waals surface area contributed by atoms with Gasteiger partial charge in [0.15, 0.2) is 0 Å². The van der Waals surface area contributed by atoms with Crippen molar-refractivity contribution in [3.63, 3.8) is 0 Å². The summed E-state index contributed by atoms with van der Waals surface area (Å²) in [7, 11) is -2.97. The van der Waals surface area contributed by atoms with Crippen LogP contribution in [0.3, 0.4) is 0 Å². The van der Waals surface area contributed by atoms with Gasteiger partial charge in [-0.25, -0.2) is 31.3 Å². The van der Waals surface area contributed by atoms with E-state index < -0.39 is 49.5 Å². The first kappa shape index (κ1) is 28.4. The molecule has 2 fully saturated rings. The number of nitrogens with one attached hydrogen (secondary N) is 3. The molecule has 210 valence electrons. The molecule has 0 bridgehead atoms. The Morgan fingerprint density at radius 2 is 1.92 bits per heavy atom. The summed E-state index contributed by atoms with van der Waals surface area (Å²) in [5.74, 6) is -2.37. The average Bonchev–Trinajstić information content (AvgIpc) is 3.35. The number of aliphatic imine (C=N–C) groups is 1. The Bertz CT molecular complexity index is 1440. The molecular weight excluding hydrogens is 534 g/mol. The lowest BCUT2D eigenvalue weighted by Crippen LogP contribution is -2.74. The Balaban J connectivity index is 1.80. The largest absolute Gasteiger partial charge is 0.442 e. The van der Waals surface area contributed by atoms with Crippen LogP contribution >= 0.6 is 0 Å². The lowest BCUT2D eigenvalue weighted by atomic mass is 9.77. The topological polar surface area (TPSA) is 142 Å². The van der Waals surface area contributed by atoms with Crippen molar-refractivity contribution in [1.82, 2.24) is 19.9 Å². The number of pyridine rings is 1. The quantitative estimate of drug-likeness (QED) is 0.517. The molecule has 4 rings (SSSR count). The van der Waals surface area contributed by atoms with Crippen molar-refractivity contribution in [3.05, 3.63) is 59.4 Å². The van der Waals surface area contributed by atoms with Crippen molar-refractivity contribution in [2.75, 3.05) is 25.5 Å². The lowest BCUT2D eigenvalue weighted by molar-refractivity contribution is 0.0601. The zero-order valence-corrected chi connectivity index (χ0v) is 22.9. The fourth-order valence-electron chi connectivity index (χ4n) is 4.84. The summed E-state index contributed by atoms with van der Waals surface area (Å²) < 4.78 is 61.2. The number of aromatic nitrogens is 1. The molecule has 1 aromatic heterocycles. The molecule has 2 amide bonds. The normalized spacial score (nSPS) is 25.4. The highest BCUT2D eigenvalue weighted by Gasteiger charge is 2.65. The number of halogens is 2. The van der Waals surface area contributed by atoms with Crippen LogP contribution in [0.5, 0.6) is 0 Å². The van der Waals surface area contributed by atoms with Crippen molar-refractivity contribution >= 4 is 33.7 Å². The summed E-state index contributed by atoms with van der Waals surface area (Å²) in [6, 6.07) is 5.99. The molecular formula is C25H30F2N6O5S. The molecule has 1 aromatic carbocycles.